The molecule has 0 atom stereocenters. The van der Waals surface area contributed by atoms with Crippen LogP contribution in [0, 0.1) is 5.82 Å². The van der Waals surface area contributed by atoms with Gasteiger partial charge in [-0.25, -0.2) is 14.2 Å². The minimum atomic E-state index is -1.08. The summed E-state index contributed by atoms with van der Waals surface area (Å²) in [5.41, 5.74) is 3.88. The number of carboxylic acid groups (broad SMARTS) is 1. The molecule has 0 amide bonds. The second-order valence-electron chi connectivity index (χ2n) is 5.26. The Kier molecular flexibility index (Phi) is 4.20. The second kappa shape index (κ2) is 6.46. The molecule has 0 aliphatic rings. The van der Waals surface area contributed by atoms with Gasteiger partial charge in [-0.15, -0.1) is 0 Å². The summed E-state index contributed by atoms with van der Waals surface area (Å²) in [6, 6.07) is 17.0. The zero-order valence-electron chi connectivity index (χ0n) is 12.7. The van der Waals surface area contributed by atoms with Crippen molar-refractivity contribution < 1.29 is 14.3 Å². The zero-order chi connectivity index (χ0) is 17.1. The number of aromatic nitrogens is 1. The lowest BCUT2D eigenvalue weighted by molar-refractivity contribution is 0.0690. The normalized spacial score (nSPS) is 10.4. The molecule has 0 saturated heterocycles. The molecule has 0 aliphatic heterocycles. The van der Waals surface area contributed by atoms with Crippen LogP contribution in [0.1, 0.15) is 16.1 Å². The zero-order valence-corrected chi connectivity index (χ0v) is 12.7. The van der Waals surface area contributed by atoms with Gasteiger partial charge in [0.15, 0.2) is 0 Å². The van der Waals surface area contributed by atoms with E-state index >= 15 is 0 Å². The van der Waals surface area contributed by atoms with Crippen molar-refractivity contribution in [3.8, 4) is 22.4 Å². The van der Waals surface area contributed by atoms with Crippen molar-refractivity contribution in [3.05, 3.63) is 84.3 Å². The Morgan fingerprint density at radius 1 is 0.958 bits per heavy atom. The van der Waals surface area contributed by atoms with Gasteiger partial charge in [0.25, 0.3) is 0 Å². The summed E-state index contributed by atoms with van der Waals surface area (Å²) in [4.78, 5) is 15.4. The number of carbonyl (C=O) groups is 1. The van der Waals surface area contributed by atoms with Crippen molar-refractivity contribution in [2.45, 2.75) is 0 Å². The molecule has 2 aromatic carbocycles. The van der Waals surface area contributed by atoms with Gasteiger partial charge >= 0.3 is 5.97 Å². The molecule has 0 aliphatic carbocycles. The lowest BCUT2D eigenvalue weighted by Gasteiger charge is -2.07. The molecule has 0 spiro atoms. The lowest BCUT2D eigenvalue weighted by Crippen LogP contribution is -2.02. The van der Waals surface area contributed by atoms with Gasteiger partial charge in [0.1, 0.15) is 11.5 Å². The van der Waals surface area contributed by atoms with E-state index in [1.165, 1.54) is 18.2 Å². The average Bonchev–Trinajstić information content (AvgIpc) is 2.62. The summed E-state index contributed by atoms with van der Waals surface area (Å²) in [5.74, 6) is -1.36. The molecule has 3 aromatic rings. The van der Waals surface area contributed by atoms with E-state index < -0.39 is 5.97 Å². The van der Waals surface area contributed by atoms with Gasteiger partial charge in [-0.05, 0) is 41.0 Å². The highest BCUT2D eigenvalue weighted by atomic mass is 19.1. The first-order chi connectivity index (χ1) is 11.6. The first-order valence-electron chi connectivity index (χ1n) is 7.31. The third-order valence-electron chi connectivity index (χ3n) is 3.66. The Labute approximate surface area is 138 Å². The molecule has 0 saturated carbocycles. The van der Waals surface area contributed by atoms with Crippen LogP contribution in [0.2, 0.25) is 0 Å². The number of benzene rings is 2. The first-order valence-corrected chi connectivity index (χ1v) is 7.31. The smallest absolute Gasteiger partial charge is 0.354 e. The fourth-order valence-corrected chi connectivity index (χ4v) is 2.40. The van der Waals surface area contributed by atoms with E-state index in [4.69, 9.17) is 5.11 Å². The van der Waals surface area contributed by atoms with Crippen LogP contribution in [0.25, 0.3) is 28.5 Å². The molecule has 1 N–H and O–H groups in total. The maximum atomic E-state index is 13.0. The Morgan fingerprint density at radius 2 is 1.50 bits per heavy atom. The molecule has 4 heteroatoms. The molecule has 3 rings (SSSR count). The quantitative estimate of drug-likeness (QED) is 0.744. The highest BCUT2D eigenvalue weighted by Crippen LogP contribution is 2.25. The van der Waals surface area contributed by atoms with Crippen molar-refractivity contribution in [2.24, 2.45) is 0 Å². The molecule has 1 heterocycles. The van der Waals surface area contributed by atoms with Crippen LogP contribution in [-0.2, 0) is 0 Å². The fourth-order valence-electron chi connectivity index (χ4n) is 2.40. The molecule has 24 heavy (non-hydrogen) atoms. The van der Waals surface area contributed by atoms with Crippen molar-refractivity contribution in [1.29, 1.82) is 0 Å². The van der Waals surface area contributed by atoms with Gasteiger partial charge < -0.3 is 5.11 Å². The molecule has 0 fully saturated rings. The van der Waals surface area contributed by atoms with Crippen LogP contribution in [0.5, 0.6) is 0 Å². The number of hydrogen-bond donors (Lipinski definition) is 1. The maximum Gasteiger partial charge on any atom is 0.354 e. The number of nitrogens with zero attached hydrogens (tertiary/aromatic N) is 1. The van der Waals surface area contributed by atoms with E-state index in [1.807, 2.05) is 24.3 Å². The summed E-state index contributed by atoms with van der Waals surface area (Å²) in [6.45, 7) is 3.68. The molecule has 0 unspecified atom stereocenters. The second-order valence-corrected chi connectivity index (χ2v) is 5.26. The Morgan fingerprint density at radius 3 is 2.04 bits per heavy atom. The number of hydrogen-bond acceptors (Lipinski definition) is 2. The van der Waals surface area contributed by atoms with Crippen LogP contribution in [0.15, 0.2) is 67.2 Å². The van der Waals surface area contributed by atoms with Gasteiger partial charge in [0.05, 0.1) is 5.69 Å². The third-order valence-corrected chi connectivity index (χ3v) is 3.66. The van der Waals surface area contributed by atoms with Gasteiger partial charge in [-0.1, -0.05) is 49.1 Å². The molecule has 3 nitrogen and oxygen atoms in total. The summed E-state index contributed by atoms with van der Waals surface area (Å²) >= 11 is 0. The molecular weight excluding hydrogens is 305 g/mol. The van der Waals surface area contributed by atoms with Crippen LogP contribution >= 0.6 is 0 Å². The van der Waals surface area contributed by atoms with E-state index in [0.29, 0.717) is 11.3 Å². The first kappa shape index (κ1) is 15.6. The highest BCUT2D eigenvalue weighted by molar-refractivity contribution is 5.87. The molecule has 118 valence electrons. The van der Waals surface area contributed by atoms with E-state index in [2.05, 4.69) is 11.6 Å². The van der Waals surface area contributed by atoms with Crippen LogP contribution in [0.3, 0.4) is 0 Å². The van der Waals surface area contributed by atoms with Crippen LogP contribution in [-0.4, -0.2) is 16.1 Å². The van der Waals surface area contributed by atoms with E-state index in [9.17, 15) is 9.18 Å². The van der Waals surface area contributed by atoms with E-state index in [1.54, 1.807) is 24.3 Å². The van der Waals surface area contributed by atoms with Gasteiger partial charge in [-0.2, -0.15) is 0 Å². The van der Waals surface area contributed by atoms with Crippen molar-refractivity contribution in [1.82, 2.24) is 4.98 Å². The summed E-state index contributed by atoms with van der Waals surface area (Å²) < 4.78 is 13.0. The van der Waals surface area contributed by atoms with Crippen molar-refractivity contribution in [2.75, 3.05) is 0 Å². The van der Waals surface area contributed by atoms with Gasteiger partial charge in [0.2, 0.25) is 0 Å². The number of aromatic carboxylic acids is 1. The topological polar surface area (TPSA) is 50.2 Å². The Balaban J connectivity index is 1.99. The van der Waals surface area contributed by atoms with Crippen LogP contribution < -0.4 is 0 Å². The number of carboxylic acids is 1. The predicted molar refractivity (Wildman–Crippen MR) is 92.1 cm³/mol. The maximum absolute atomic E-state index is 13.0. The fraction of sp³-hybridized carbons (Fsp3) is 0. The molecule has 0 radical (unpaired) electrons. The number of rotatable bonds is 4. The summed E-state index contributed by atoms with van der Waals surface area (Å²) in [7, 11) is 0. The SMILES string of the molecule is C=Cc1cc(C(=O)O)nc(-c2ccc(-c3ccc(F)cc3)cc2)c1. The highest BCUT2D eigenvalue weighted by Gasteiger charge is 2.09. The predicted octanol–water partition coefficient (Wildman–Crippen LogP) is 4.90. The average molecular weight is 319 g/mol. The van der Waals surface area contributed by atoms with E-state index in [-0.39, 0.29) is 11.5 Å². The number of halogens is 1. The largest absolute Gasteiger partial charge is 0.477 e. The third kappa shape index (κ3) is 3.22. The summed E-state index contributed by atoms with van der Waals surface area (Å²) in [6.07, 6.45) is 1.59. The monoisotopic (exact) mass is 319 g/mol. The Bertz CT molecular complexity index is 900. The van der Waals surface area contributed by atoms with Crippen molar-refractivity contribution in [3.63, 3.8) is 0 Å². The van der Waals surface area contributed by atoms with E-state index in [0.717, 1.165) is 16.7 Å². The standard InChI is InChI=1S/C20H14FNO2/c1-2-13-11-18(22-19(12-13)20(23)24)16-5-3-14(4-6-16)15-7-9-17(21)10-8-15/h2-12H,1H2,(H,23,24). The summed E-state index contributed by atoms with van der Waals surface area (Å²) in [5, 5.41) is 9.16. The minimum Gasteiger partial charge on any atom is -0.477 e. The minimum absolute atomic E-state index is 0.0231. The molecule has 0 bridgehead atoms. The van der Waals surface area contributed by atoms with Gasteiger partial charge in [0, 0.05) is 5.56 Å². The number of pyridine rings is 1. The Hall–Kier alpha value is -3.27. The van der Waals surface area contributed by atoms with Crippen molar-refractivity contribution >= 4 is 12.0 Å². The molecular formula is C20H14FNO2. The lowest BCUT2D eigenvalue weighted by atomic mass is 10.0. The van der Waals surface area contributed by atoms with Crippen LogP contribution in [0.4, 0.5) is 4.39 Å². The molecule has 1 aromatic heterocycles. The van der Waals surface area contributed by atoms with Gasteiger partial charge in [-0.3, -0.25) is 0 Å².